The highest BCUT2D eigenvalue weighted by Gasteiger charge is 2.27. The van der Waals surface area contributed by atoms with Gasteiger partial charge in [-0.05, 0) is 93.6 Å². The number of likely N-dealkylation sites (tertiary alicyclic amines) is 1. The number of carbonyl (C=O) groups excluding carboxylic acids is 1. The number of nitrogens with zero attached hydrogens (tertiary/aromatic N) is 1. The lowest BCUT2D eigenvalue weighted by Gasteiger charge is -2.40. The van der Waals surface area contributed by atoms with Crippen LogP contribution in [0, 0.1) is 0 Å². The predicted molar refractivity (Wildman–Crippen MR) is 144 cm³/mol. The van der Waals surface area contributed by atoms with Crippen LogP contribution in [0.25, 0.3) is 11.1 Å². The van der Waals surface area contributed by atoms with Crippen LogP contribution in [0.5, 0.6) is 11.5 Å². The third kappa shape index (κ3) is 6.88. The smallest absolute Gasteiger partial charge is 0.338 e. The highest BCUT2D eigenvalue weighted by molar-refractivity contribution is 5.90. The van der Waals surface area contributed by atoms with Gasteiger partial charge >= 0.3 is 5.97 Å². The second-order valence-electron chi connectivity index (χ2n) is 10.2. The lowest BCUT2D eigenvalue weighted by Crippen LogP contribution is -2.48. The molecule has 5 heteroatoms. The molecule has 0 saturated carbocycles. The van der Waals surface area contributed by atoms with E-state index in [2.05, 4.69) is 37.8 Å². The summed E-state index contributed by atoms with van der Waals surface area (Å²) in [6.07, 6.45) is 2.41. The number of esters is 1. The van der Waals surface area contributed by atoms with Gasteiger partial charge in [-0.25, -0.2) is 4.79 Å². The maximum atomic E-state index is 11.8. The zero-order valence-electron chi connectivity index (χ0n) is 21.8. The number of benzene rings is 3. The van der Waals surface area contributed by atoms with Gasteiger partial charge in [0.2, 0.25) is 0 Å². The largest absolute Gasteiger partial charge is 0.490 e. The van der Waals surface area contributed by atoms with E-state index in [-0.39, 0.29) is 17.6 Å². The summed E-state index contributed by atoms with van der Waals surface area (Å²) >= 11 is 0. The molecule has 190 valence electrons. The summed E-state index contributed by atoms with van der Waals surface area (Å²) in [7, 11) is 0. The summed E-state index contributed by atoms with van der Waals surface area (Å²) in [5.41, 5.74) is 3.98. The molecular weight excluding hydrogens is 450 g/mol. The van der Waals surface area contributed by atoms with E-state index >= 15 is 0 Å². The number of piperidine rings is 1. The normalized spacial score (nSPS) is 14.9. The Balaban J connectivity index is 1.25. The lowest BCUT2D eigenvalue weighted by molar-refractivity contribution is 0.0491. The average molecular weight is 488 g/mol. The number of ether oxygens (including phenoxy) is 3. The Morgan fingerprint density at radius 3 is 1.94 bits per heavy atom. The molecule has 0 spiro atoms. The Bertz CT molecular complexity index is 1110. The topological polar surface area (TPSA) is 48.0 Å². The standard InChI is InChI=1S/C31H37NO4/c1-5-34-30(33)26-10-8-24(9-11-26)25-12-16-27(17-13-25)35-22-23-6-14-28(15-7-23)36-29-18-20-32(21-19-29)31(2,3)4/h6-17,29H,5,18-22H2,1-4H3. The van der Waals surface area contributed by atoms with Crippen molar-refractivity contribution in [1.82, 2.24) is 4.90 Å². The molecule has 0 radical (unpaired) electrons. The molecule has 0 aliphatic carbocycles. The first-order chi connectivity index (χ1) is 17.3. The zero-order valence-corrected chi connectivity index (χ0v) is 21.8. The maximum absolute atomic E-state index is 11.8. The highest BCUT2D eigenvalue weighted by Crippen LogP contribution is 2.26. The first-order valence-corrected chi connectivity index (χ1v) is 12.8. The summed E-state index contributed by atoms with van der Waals surface area (Å²) < 4.78 is 17.3. The molecule has 1 aliphatic heterocycles. The molecule has 36 heavy (non-hydrogen) atoms. The Morgan fingerprint density at radius 1 is 0.833 bits per heavy atom. The van der Waals surface area contributed by atoms with Crippen LogP contribution in [0.15, 0.2) is 72.8 Å². The van der Waals surface area contributed by atoms with Crippen LogP contribution in [0.3, 0.4) is 0 Å². The molecule has 3 aromatic rings. The maximum Gasteiger partial charge on any atom is 0.338 e. The van der Waals surface area contributed by atoms with Crippen LogP contribution in [0.4, 0.5) is 0 Å². The van der Waals surface area contributed by atoms with Crippen LogP contribution < -0.4 is 9.47 Å². The van der Waals surface area contributed by atoms with Gasteiger partial charge in [0.1, 0.15) is 24.2 Å². The van der Waals surface area contributed by atoms with E-state index in [1.54, 1.807) is 19.1 Å². The van der Waals surface area contributed by atoms with Crippen molar-refractivity contribution in [2.75, 3.05) is 19.7 Å². The monoisotopic (exact) mass is 487 g/mol. The van der Waals surface area contributed by atoms with E-state index in [0.717, 1.165) is 54.1 Å². The zero-order chi connectivity index (χ0) is 25.5. The van der Waals surface area contributed by atoms with Crippen molar-refractivity contribution in [3.05, 3.63) is 83.9 Å². The minimum Gasteiger partial charge on any atom is -0.490 e. The summed E-state index contributed by atoms with van der Waals surface area (Å²) in [5, 5.41) is 0. The van der Waals surface area contributed by atoms with Gasteiger partial charge in [0.25, 0.3) is 0 Å². The fraction of sp³-hybridized carbons (Fsp3) is 0.387. The van der Waals surface area contributed by atoms with Gasteiger partial charge in [-0.3, -0.25) is 4.90 Å². The van der Waals surface area contributed by atoms with Crippen molar-refractivity contribution in [2.45, 2.75) is 58.8 Å². The third-order valence-electron chi connectivity index (χ3n) is 6.61. The average Bonchev–Trinajstić information content (AvgIpc) is 2.89. The Morgan fingerprint density at radius 2 is 1.39 bits per heavy atom. The SMILES string of the molecule is CCOC(=O)c1ccc(-c2ccc(OCc3ccc(OC4CCN(C(C)(C)C)CC4)cc3)cc2)cc1. The highest BCUT2D eigenvalue weighted by atomic mass is 16.5. The number of rotatable bonds is 8. The Hall–Kier alpha value is -3.31. The quantitative estimate of drug-likeness (QED) is 0.329. The number of carbonyl (C=O) groups is 1. The van der Waals surface area contributed by atoms with Gasteiger partial charge in [0.05, 0.1) is 12.2 Å². The minimum atomic E-state index is -0.297. The van der Waals surface area contributed by atoms with Crippen molar-refractivity contribution >= 4 is 5.97 Å². The molecule has 5 nitrogen and oxygen atoms in total. The van der Waals surface area contributed by atoms with Gasteiger partial charge in [-0.1, -0.05) is 36.4 Å². The summed E-state index contributed by atoms with van der Waals surface area (Å²) in [5.74, 6) is 1.44. The molecule has 1 aliphatic rings. The first kappa shape index (κ1) is 25.8. The molecule has 1 fully saturated rings. The number of hydrogen-bond acceptors (Lipinski definition) is 5. The molecule has 0 amide bonds. The van der Waals surface area contributed by atoms with Crippen LogP contribution in [-0.2, 0) is 11.3 Å². The van der Waals surface area contributed by atoms with Gasteiger partial charge in [0.15, 0.2) is 0 Å². The lowest BCUT2D eigenvalue weighted by atomic mass is 9.99. The summed E-state index contributed by atoms with van der Waals surface area (Å²) in [6.45, 7) is 11.7. The van der Waals surface area contributed by atoms with Crippen molar-refractivity contribution in [2.24, 2.45) is 0 Å². The van der Waals surface area contributed by atoms with Gasteiger partial charge in [-0.15, -0.1) is 0 Å². The van der Waals surface area contributed by atoms with Crippen LogP contribution in [0.2, 0.25) is 0 Å². The van der Waals surface area contributed by atoms with E-state index in [1.807, 2.05) is 48.5 Å². The summed E-state index contributed by atoms with van der Waals surface area (Å²) in [6, 6.07) is 23.6. The molecule has 3 aromatic carbocycles. The van der Waals surface area contributed by atoms with Crippen LogP contribution in [-0.4, -0.2) is 42.2 Å². The van der Waals surface area contributed by atoms with Gasteiger partial charge in [0, 0.05) is 18.6 Å². The minimum absolute atomic E-state index is 0.226. The van der Waals surface area contributed by atoms with E-state index in [1.165, 1.54) is 0 Å². The van der Waals surface area contributed by atoms with E-state index in [9.17, 15) is 4.79 Å². The van der Waals surface area contributed by atoms with Crippen LogP contribution >= 0.6 is 0 Å². The molecule has 0 aromatic heterocycles. The second kappa shape index (κ2) is 11.6. The Labute approximate surface area is 215 Å². The molecule has 0 bridgehead atoms. The molecule has 1 heterocycles. The van der Waals surface area contributed by atoms with E-state index in [4.69, 9.17) is 14.2 Å². The molecule has 4 rings (SSSR count). The molecule has 0 unspecified atom stereocenters. The van der Waals surface area contributed by atoms with Crippen LogP contribution in [0.1, 0.15) is 56.5 Å². The fourth-order valence-corrected chi connectivity index (χ4v) is 4.42. The molecular formula is C31H37NO4. The predicted octanol–water partition coefficient (Wildman–Crippen LogP) is 6.75. The molecule has 0 atom stereocenters. The van der Waals surface area contributed by atoms with Crippen molar-refractivity contribution in [3.63, 3.8) is 0 Å². The van der Waals surface area contributed by atoms with Crippen molar-refractivity contribution in [1.29, 1.82) is 0 Å². The number of hydrogen-bond donors (Lipinski definition) is 0. The van der Waals surface area contributed by atoms with Crippen molar-refractivity contribution in [3.8, 4) is 22.6 Å². The second-order valence-corrected chi connectivity index (χ2v) is 10.2. The Kier molecular flexibility index (Phi) is 8.32. The fourth-order valence-electron chi connectivity index (χ4n) is 4.42. The van der Waals surface area contributed by atoms with E-state index in [0.29, 0.717) is 18.8 Å². The molecule has 1 saturated heterocycles. The third-order valence-corrected chi connectivity index (χ3v) is 6.61. The summed E-state index contributed by atoms with van der Waals surface area (Å²) in [4.78, 5) is 14.4. The first-order valence-electron chi connectivity index (χ1n) is 12.8. The van der Waals surface area contributed by atoms with Gasteiger partial charge in [-0.2, -0.15) is 0 Å². The van der Waals surface area contributed by atoms with Crippen molar-refractivity contribution < 1.29 is 19.0 Å². The molecule has 0 N–H and O–H groups in total. The van der Waals surface area contributed by atoms with E-state index < -0.39 is 0 Å². The van der Waals surface area contributed by atoms with Gasteiger partial charge < -0.3 is 14.2 Å².